The largest absolute Gasteiger partial charge is 0.481 e. The summed E-state index contributed by atoms with van der Waals surface area (Å²) in [5.74, 6) is 0.206. The van der Waals surface area contributed by atoms with Gasteiger partial charge in [0.05, 0.1) is 5.41 Å². The van der Waals surface area contributed by atoms with Crippen molar-refractivity contribution in [3.8, 4) is 0 Å². The van der Waals surface area contributed by atoms with Gasteiger partial charge in [-0.2, -0.15) is 0 Å². The van der Waals surface area contributed by atoms with Gasteiger partial charge in [0.2, 0.25) is 0 Å². The fourth-order valence-electron chi connectivity index (χ4n) is 1.53. The molecule has 0 bridgehead atoms. The lowest BCUT2D eigenvalue weighted by Crippen LogP contribution is -2.14. The Labute approximate surface area is 60.2 Å². The minimum Gasteiger partial charge on any atom is -0.481 e. The summed E-state index contributed by atoms with van der Waals surface area (Å²) >= 11 is 0. The topological polar surface area (TPSA) is 37.3 Å². The van der Waals surface area contributed by atoms with Crippen molar-refractivity contribution in [2.24, 2.45) is 11.3 Å². The van der Waals surface area contributed by atoms with Crippen LogP contribution in [0.3, 0.4) is 0 Å². The Kier molecular flexibility index (Phi) is 1.08. The van der Waals surface area contributed by atoms with Crippen molar-refractivity contribution in [2.75, 3.05) is 0 Å². The van der Waals surface area contributed by atoms with Gasteiger partial charge in [-0.05, 0) is 25.2 Å². The number of hydrogen-bond donors (Lipinski definition) is 1. The number of aliphatic carboxylic acids is 1. The van der Waals surface area contributed by atoms with Crippen LogP contribution in [-0.2, 0) is 4.79 Å². The molecule has 0 aromatic rings. The molecule has 2 fully saturated rings. The van der Waals surface area contributed by atoms with E-state index in [9.17, 15) is 4.79 Å². The summed E-state index contributed by atoms with van der Waals surface area (Å²) in [6.07, 6.45) is 5.37. The van der Waals surface area contributed by atoms with E-state index >= 15 is 0 Å². The van der Waals surface area contributed by atoms with E-state index in [0.29, 0.717) is 0 Å². The molecule has 0 unspecified atom stereocenters. The summed E-state index contributed by atoms with van der Waals surface area (Å²) in [5.41, 5.74) is -0.249. The average Bonchev–Trinajstić information content (AvgIpc) is 2.65. The molecule has 2 heteroatoms. The molecule has 0 radical (unpaired) electrons. The van der Waals surface area contributed by atoms with Crippen molar-refractivity contribution >= 4 is 5.97 Å². The van der Waals surface area contributed by atoms with Crippen LogP contribution in [0.4, 0.5) is 0 Å². The van der Waals surface area contributed by atoms with Crippen LogP contribution in [0.5, 0.6) is 0 Å². The van der Waals surface area contributed by atoms with Crippen LogP contribution in [0, 0.1) is 11.3 Å². The number of rotatable bonds is 3. The molecule has 0 atom stereocenters. The molecular weight excluding hydrogens is 128 g/mol. The molecule has 1 N–H and O–H groups in total. The van der Waals surface area contributed by atoms with E-state index in [-0.39, 0.29) is 5.41 Å². The highest BCUT2D eigenvalue weighted by molar-refractivity contribution is 5.77. The summed E-state index contributed by atoms with van der Waals surface area (Å²) in [6, 6.07) is 0. The highest BCUT2D eigenvalue weighted by Crippen LogP contribution is 2.55. The molecule has 0 aromatic heterocycles. The Morgan fingerprint density at radius 1 is 1.50 bits per heavy atom. The first-order valence-electron chi connectivity index (χ1n) is 3.96. The summed E-state index contributed by atoms with van der Waals surface area (Å²) in [7, 11) is 0. The molecule has 2 aliphatic rings. The summed E-state index contributed by atoms with van der Waals surface area (Å²) < 4.78 is 0. The standard InChI is InChI=1S/C8H12O2/c9-7(10)8(3-4-8)5-6-1-2-6/h6H,1-5H2,(H,9,10). The molecule has 0 saturated heterocycles. The first kappa shape index (κ1) is 6.20. The fraction of sp³-hybridized carbons (Fsp3) is 0.875. The van der Waals surface area contributed by atoms with Gasteiger partial charge in [-0.15, -0.1) is 0 Å². The second-order valence-electron chi connectivity index (χ2n) is 3.73. The third kappa shape index (κ3) is 0.917. The van der Waals surface area contributed by atoms with E-state index in [1.54, 1.807) is 0 Å². The van der Waals surface area contributed by atoms with Crippen molar-refractivity contribution in [3.63, 3.8) is 0 Å². The van der Waals surface area contributed by atoms with E-state index < -0.39 is 5.97 Å². The van der Waals surface area contributed by atoms with Crippen molar-refractivity contribution < 1.29 is 9.90 Å². The maximum absolute atomic E-state index is 10.6. The summed E-state index contributed by atoms with van der Waals surface area (Å²) in [4.78, 5) is 10.6. The molecular formula is C8H12O2. The number of carbonyl (C=O) groups is 1. The van der Waals surface area contributed by atoms with Gasteiger partial charge >= 0.3 is 5.97 Å². The maximum atomic E-state index is 10.6. The van der Waals surface area contributed by atoms with Gasteiger partial charge in [0.15, 0.2) is 0 Å². The third-order valence-electron chi connectivity index (χ3n) is 2.68. The zero-order valence-corrected chi connectivity index (χ0v) is 5.97. The molecule has 56 valence electrons. The van der Waals surface area contributed by atoms with Crippen molar-refractivity contribution in [3.05, 3.63) is 0 Å². The first-order chi connectivity index (χ1) is 4.73. The van der Waals surface area contributed by atoms with Crippen LogP contribution in [0.2, 0.25) is 0 Å². The minimum absolute atomic E-state index is 0.249. The summed E-state index contributed by atoms with van der Waals surface area (Å²) in [5, 5.41) is 8.78. The predicted octanol–water partition coefficient (Wildman–Crippen LogP) is 1.65. The van der Waals surface area contributed by atoms with Gasteiger partial charge in [-0.25, -0.2) is 0 Å². The van der Waals surface area contributed by atoms with E-state index in [1.165, 1.54) is 12.8 Å². The molecule has 2 saturated carbocycles. The first-order valence-corrected chi connectivity index (χ1v) is 3.96. The molecule has 0 heterocycles. The highest BCUT2D eigenvalue weighted by atomic mass is 16.4. The van der Waals surface area contributed by atoms with Crippen molar-refractivity contribution in [1.82, 2.24) is 0 Å². The van der Waals surface area contributed by atoms with Crippen molar-refractivity contribution in [1.29, 1.82) is 0 Å². The Morgan fingerprint density at radius 2 is 2.10 bits per heavy atom. The van der Waals surface area contributed by atoms with E-state index in [1.807, 2.05) is 0 Å². The van der Waals surface area contributed by atoms with E-state index in [4.69, 9.17) is 5.11 Å². The third-order valence-corrected chi connectivity index (χ3v) is 2.68. The molecule has 0 amide bonds. The molecule has 0 spiro atoms. The van der Waals surface area contributed by atoms with Crippen LogP contribution in [0.15, 0.2) is 0 Å². The van der Waals surface area contributed by atoms with Crippen LogP contribution in [0.1, 0.15) is 32.1 Å². The zero-order chi connectivity index (χ0) is 7.19. The molecule has 0 aliphatic heterocycles. The zero-order valence-electron chi connectivity index (χ0n) is 5.97. The van der Waals surface area contributed by atoms with E-state index in [2.05, 4.69) is 0 Å². The molecule has 2 aliphatic carbocycles. The quantitative estimate of drug-likeness (QED) is 0.647. The molecule has 2 nitrogen and oxygen atoms in total. The van der Waals surface area contributed by atoms with Gasteiger partial charge < -0.3 is 5.11 Å². The lowest BCUT2D eigenvalue weighted by atomic mass is 10.00. The monoisotopic (exact) mass is 140 g/mol. The van der Waals surface area contributed by atoms with Crippen LogP contribution in [0.25, 0.3) is 0 Å². The number of hydrogen-bond acceptors (Lipinski definition) is 1. The second kappa shape index (κ2) is 1.74. The van der Waals surface area contributed by atoms with E-state index in [0.717, 1.165) is 25.2 Å². The SMILES string of the molecule is O=C(O)C1(CC2CC2)CC1. The highest BCUT2D eigenvalue weighted by Gasteiger charge is 2.52. The Balaban J connectivity index is 1.93. The predicted molar refractivity (Wildman–Crippen MR) is 36.6 cm³/mol. The van der Waals surface area contributed by atoms with Gasteiger partial charge in [0, 0.05) is 0 Å². The minimum atomic E-state index is -0.556. The van der Waals surface area contributed by atoms with Crippen LogP contribution >= 0.6 is 0 Å². The molecule has 10 heavy (non-hydrogen) atoms. The Hall–Kier alpha value is -0.530. The molecule has 0 aromatic carbocycles. The Bertz CT molecular complexity index is 166. The molecule has 2 rings (SSSR count). The smallest absolute Gasteiger partial charge is 0.309 e. The summed E-state index contributed by atoms with van der Waals surface area (Å²) in [6.45, 7) is 0. The van der Waals surface area contributed by atoms with Gasteiger partial charge in [-0.1, -0.05) is 12.8 Å². The maximum Gasteiger partial charge on any atom is 0.309 e. The van der Waals surface area contributed by atoms with Crippen molar-refractivity contribution in [2.45, 2.75) is 32.1 Å². The Morgan fingerprint density at radius 3 is 2.40 bits per heavy atom. The van der Waals surface area contributed by atoms with Gasteiger partial charge in [0.25, 0.3) is 0 Å². The van der Waals surface area contributed by atoms with Gasteiger partial charge in [-0.3, -0.25) is 4.79 Å². The number of carboxylic acids is 1. The number of carboxylic acid groups (broad SMARTS) is 1. The lowest BCUT2D eigenvalue weighted by Gasteiger charge is -2.06. The average molecular weight is 140 g/mol. The second-order valence-corrected chi connectivity index (χ2v) is 3.73. The van der Waals surface area contributed by atoms with Crippen LogP contribution < -0.4 is 0 Å². The lowest BCUT2D eigenvalue weighted by molar-refractivity contribution is -0.143. The normalized spacial score (nSPS) is 28.0. The fourth-order valence-corrected chi connectivity index (χ4v) is 1.53. The van der Waals surface area contributed by atoms with Crippen LogP contribution in [-0.4, -0.2) is 11.1 Å². The van der Waals surface area contributed by atoms with Gasteiger partial charge in [0.1, 0.15) is 0 Å².